The normalized spacial score (nSPS) is 14.1. The van der Waals surface area contributed by atoms with Gasteiger partial charge in [0, 0.05) is 31.9 Å². The largest absolute Gasteiger partial charge is 0.329 e. The Morgan fingerprint density at radius 1 is 1.00 bits per heavy atom. The van der Waals surface area contributed by atoms with Crippen LogP contribution in [0.2, 0.25) is 0 Å². The smallest absolute Gasteiger partial charge is 0.311 e. The van der Waals surface area contributed by atoms with Crippen molar-refractivity contribution in [2.45, 2.75) is 51.6 Å². The number of anilines is 1. The minimum absolute atomic E-state index is 0.0642. The number of aromatic nitrogens is 2. The Balaban J connectivity index is 1.67. The van der Waals surface area contributed by atoms with Gasteiger partial charge in [0.15, 0.2) is 0 Å². The van der Waals surface area contributed by atoms with E-state index >= 15 is 0 Å². The summed E-state index contributed by atoms with van der Waals surface area (Å²) in [7, 11) is -3.57. The van der Waals surface area contributed by atoms with Gasteiger partial charge in [0.05, 0.1) is 15.9 Å². The molecule has 0 atom stereocenters. The van der Waals surface area contributed by atoms with Crippen LogP contribution in [0, 0.1) is 0 Å². The summed E-state index contributed by atoms with van der Waals surface area (Å²) >= 11 is 0. The second-order valence-corrected chi connectivity index (χ2v) is 10.1. The summed E-state index contributed by atoms with van der Waals surface area (Å²) in [6.45, 7) is 7.35. The molecule has 176 valence electrons. The van der Waals surface area contributed by atoms with Crippen molar-refractivity contribution in [3.63, 3.8) is 0 Å². The molecule has 0 aliphatic carbocycles. The Kier molecular flexibility index (Phi) is 6.45. The average Bonchev–Trinajstić information content (AvgIpc) is 3.09. The van der Waals surface area contributed by atoms with E-state index in [2.05, 4.69) is 0 Å². The highest BCUT2D eigenvalue weighted by atomic mass is 32.2. The number of carbonyl (C=O) groups is 1. The maximum Gasteiger partial charge on any atom is 0.329 e. The first-order valence-electron chi connectivity index (χ1n) is 11.4. The first-order chi connectivity index (χ1) is 15.8. The highest BCUT2D eigenvalue weighted by Crippen LogP contribution is 2.31. The maximum atomic E-state index is 13.3. The Morgan fingerprint density at radius 3 is 2.30 bits per heavy atom. The van der Waals surface area contributed by atoms with Crippen molar-refractivity contribution in [2.75, 3.05) is 24.5 Å². The number of amides is 1. The fourth-order valence-electron chi connectivity index (χ4n) is 4.66. The minimum atomic E-state index is -3.57. The van der Waals surface area contributed by atoms with Crippen molar-refractivity contribution in [2.24, 2.45) is 0 Å². The van der Waals surface area contributed by atoms with E-state index in [0.717, 1.165) is 28.7 Å². The van der Waals surface area contributed by atoms with Gasteiger partial charge in [0.1, 0.15) is 6.54 Å². The Hall–Kier alpha value is -2.91. The van der Waals surface area contributed by atoms with Crippen LogP contribution in [0.4, 0.5) is 5.69 Å². The number of benzene rings is 2. The molecule has 0 unspecified atom stereocenters. The highest BCUT2D eigenvalue weighted by Gasteiger charge is 2.28. The highest BCUT2D eigenvalue weighted by molar-refractivity contribution is 7.89. The van der Waals surface area contributed by atoms with Crippen LogP contribution >= 0.6 is 0 Å². The Labute approximate surface area is 194 Å². The van der Waals surface area contributed by atoms with Gasteiger partial charge in [0.2, 0.25) is 15.9 Å². The number of imidazole rings is 1. The van der Waals surface area contributed by atoms with Gasteiger partial charge in [-0.15, -0.1) is 0 Å². The predicted molar refractivity (Wildman–Crippen MR) is 129 cm³/mol. The lowest BCUT2D eigenvalue weighted by atomic mass is 10.0. The van der Waals surface area contributed by atoms with E-state index in [0.29, 0.717) is 32.6 Å². The van der Waals surface area contributed by atoms with E-state index in [1.165, 1.54) is 8.87 Å². The van der Waals surface area contributed by atoms with Gasteiger partial charge in [-0.2, -0.15) is 4.31 Å². The van der Waals surface area contributed by atoms with Gasteiger partial charge in [-0.1, -0.05) is 26.0 Å². The monoisotopic (exact) mass is 470 g/mol. The fraction of sp³-hybridized carbons (Fsp3) is 0.417. The molecule has 0 saturated heterocycles. The molecule has 2 heterocycles. The van der Waals surface area contributed by atoms with Crippen LogP contribution in [-0.4, -0.2) is 47.4 Å². The molecule has 8 nitrogen and oxygen atoms in total. The second kappa shape index (κ2) is 9.15. The molecule has 0 bridgehead atoms. The molecule has 1 aliphatic heterocycles. The van der Waals surface area contributed by atoms with Gasteiger partial charge >= 0.3 is 5.69 Å². The summed E-state index contributed by atoms with van der Waals surface area (Å²) in [6, 6.07) is 12.5. The molecule has 4 rings (SSSR count). The lowest BCUT2D eigenvalue weighted by Gasteiger charge is -2.30. The number of nitrogens with zero attached hydrogens (tertiary/aromatic N) is 4. The quantitative estimate of drug-likeness (QED) is 0.532. The first-order valence-corrected chi connectivity index (χ1v) is 12.9. The van der Waals surface area contributed by atoms with Gasteiger partial charge in [-0.05, 0) is 55.7 Å². The zero-order valence-corrected chi connectivity index (χ0v) is 20.1. The summed E-state index contributed by atoms with van der Waals surface area (Å²) in [5.74, 6) is -0.184. The molecule has 1 aliphatic rings. The lowest BCUT2D eigenvalue weighted by Crippen LogP contribution is -2.40. The van der Waals surface area contributed by atoms with E-state index in [4.69, 9.17) is 0 Å². The van der Waals surface area contributed by atoms with Gasteiger partial charge < -0.3 is 4.90 Å². The van der Waals surface area contributed by atoms with E-state index < -0.39 is 10.0 Å². The standard InChI is InChI=1S/C24H30N4O4S/c1-4-25(5-2)33(31,32)19-13-14-20-18(16-19)10-9-15-27(20)23(29)17-28-22-12-8-7-11-21(22)26(6-3)24(28)30/h7-8,11-14,16H,4-6,9-10,15,17H2,1-3H3. The molecular formula is C24H30N4O4S. The molecule has 0 saturated carbocycles. The Bertz CT molecular complexity index is 1350. The summed E-state index contributed by atoms with van der Waals surface area (Å²) in [5.41, 5.74) is 2.90. The number of sulfonamides is 1. The SMILES string of the molecule is CCN(CC)S(=O)(=O)c1ccc2c(c1)CCCN2C(=O)Cn1c(=O)n(CC)c2ccccc21. The number of para-hydroxylation sites is 2. The minimum Gasteiger partial charge on any atom is -0.311 e. The van der Waals surface area contributed by atoms with Crippen LogP contribution in [0.5, 0.6) is 0 Å². The van der Waals surface area contributed by atoms with Crippen molar-refractivity contribution in [1.29, 1.82) is 0 Å². The predicted octanol–water partition coefficient (Wildman–Crippen LogP) is 2.83. The number of hydrogen-bond acceptors (Lipinski definition) is 4. The lowest BCUT2D eigenvalue weighted by molar-refractivity contribution is -0.119. The molecular weight excluding hydrogens is 440 g/mol. The van der Waals surface area contributed by atoms with Crippen LogP contribution in [0.3, 0.4) is 0 Å². The number of rotatable bonds is 7. The molecule has 0 N–H and O–H groups in total. The van der Waals surface area contributed by atoms with Crippen LogP contribution in [0.25, 0.3) is 11.0 Å². The fourth-order valence-corrected chi connectivity index (χ4v) is 6.17. The zero-order valence-electron chi connectivity index (χ0n) is 19.3. The summed E-state index contributed by atoms with van der Waals surface area (Å²) in [5, 5.41) is 0. The van der Waals surface area contributed by atoms with Gasteiger partial charge in [-0.25, -0.2) is 13.2 Å². The van der Waals surface area contributed by atoms with E-state index in [1.54, 1.807) is 27.7 Å². The number of hydrogen-bond donors (Lipinski definition) is 0. The summed E-state index contributed by atoms with van der Waals surface area (Å²) < 4.78 is 30.5. The molecule has 9 heteroatoms. The van der Waals surface area contributed by atoms with Crippen molar-refractivity contribution < 1.29 is 13.2 Å². The molecule has 0 spiro atoms. The molecule has 2 aromatic carbocycles. The third kappa shape index (κ3) is 4.00. The molecule has 0 fully saturated rings. The van der Waals surface area contributed by atoms with Crippen LogP contribution in [-0.2, 0) is 34.3 Å². The summed E-state index contributed by atoms with van der Waals surface area (Å²) in [4.78, 5) is 28.2. The van der Waals surface area contributed by atoms with E-state index in [9.17, 15) is 18.0 Å². The molecule has 3 aromatic rings. The number of aryl methyl sites for hydroxylation is 2. The molecule has 1 aromatic heterocycles. The van der Waals surface area contributed by atoms with Crippen molar-refractivity contribution in [3.8, 4) is 0 Å². The summed E-state index contributed by atoms with van der Waals surface area (Å²) in [6.07, 6.45) is 1.44. The number of carbonyl (C=O) groups excluding carboxylic acids is 1. The number of fused-ring (bicyclic) bond motifs is 2. The van der Waals surface area contributed by atoms with Crippen molar-refractivity contribution >= 4 is 32.7 Å². The first kappa shape index (κ1) is 23.3. The van der Waals surface area contributed by atoms with Crippen LogP contribution in [0.15, 0.2) is 52.2 Å². The second-order valence-electron chi connectivity index (χ2n) is 8.13. The van der Waals surface area contributed by atoms with E-state index in [-0.39, 0.29) is 23.0 Å². The zero-order chi connectivity index (χ0) is 23.8. The van der Waals surface area contributed by atoms with Crippen molar-refractivity contribution in [1.82, 2.24) is 13.4 Å². The van der Waals surface area contributed by atoms with Gasteiger partial charge in [0.25, 0.3) is 0 Å². The average molecular weight is 471 g/mol. The maximum absolute atomic E-state index is 13.3. The van der Waals surface area contributed by atoms with E-state index in [1.807, 2.05) is 45.0 Å². The third-order valence-electron chi connectivity index (χ3n) is 6.35. The third-order valence-corrected chi connectivity index (χ3v) is 8.39. The van der Waals surface area contributed by atoms with Gasteiger partial charge in [-0.3, -0.25) is 13.9 Å². The van der Waals surface area contributed by atoms with Crippen LogP contribution < -0.4 is 10.6 Å². The Morgan fingerprint density at radius 2 is 1.67 bits per heavy atom. The molecule has 33 heavy (non-hydrogen) atoms. The molecule has 0 radical (unpaired) electrons. The molecule has 1 amide bonds. The van der Waals surface area contributed by atoms with Crippen LogP contribution in [0.1, 0.15) is 32.8 Å². The topological polar surface area (TPSA) is 84.6 Å². The van der Waals surface area contributed by atoms with Crippen molar-refractivity contribution in [3.05, 3.63) is 58.5 Å².